The maximum Gasteiger partial charge on any atom is 0.123 e. The molecule has 0 spiro atoms. The molecule has 0 aliphatic carbocycles. The molecule has 0 atom stereocenters. The lowest BCUT2D eigenvalue weighted by atomic mass is 9.95. The highest BCUT2D eigenvalue weighted by Crippen LogP contribution is 2.31. The first-order chi connectivity index (χ1) is 6.98. The number of phenols is 1. The Kier molecular flexibility index (Phi) is 2.16. The minimum Gasteiger partial charge on any atom is -0.507 e. The Labute approximate surface area is 88.8 Å². The van der Waals surface area contributed by atoms with E-state index < -0.39 is 5.60 Å². The van der Waals surface area contributed by atoms with Gasteiger partial charge in [0.05, 0.1) is 5.60 Å². The zero-order valence-corrected chi connectivity index (χ0v) is 8.86. The summed E-state index contributed by atoms with van der Waals surface area (Å²) in [7, 11) is 0. The van der Waals surface area contributed by atoms with Crippen molar-refractivity contribution in [2.24, 2.45) is 0 Å². The van der Waals surface area contributed by atoms with Crippen LogP contribution in [0.4, 0.5) is 0 Å². The van der Waals surface area contributed by atoms with Gasteiger partial charge in [0.2, 0.25) is 0 Å². The second-order valence-electron chi connectivity index (χ2n) is 4.28. The van der Waals surface area contributed by atoms with E-state index in [1.807, 2.05) is 30.3 Å². The van der Waals surface area contributed by atoms with Crippen LogP contribution in [0.25, 0.3) is 10.8 Å². The molecule has 2 rings (SSSR count). The lowest BCUT2D eigenvalue weighted by Crippen LogP contribution is -2.15. The molecule has 0 amide bonds. The summed E-state index contributed by atoms with van der Waals surface area (Å²) in [6, 6.07) is 11.1. The molecule has 0 aliphatic rings. The first kappa shape index (κ1) is 9.99. The molecule has 0 heterocycles. The Morgan fingerprint density at radius 2 is 1.73 bits per heavy atom. The third-order valence-corrected chi connectivity index (χ3v) is 2.55. The highest BCUT2D eigenvalue weighted by atomic mass is 16.3. The number of rotatable bonds is 1. The molecule has 0 saturated carbocycles. The zero-order valence-electron chi connectivity index (χ0n) is 8.86. The van der Waals surface area contributed by atoms with E-state index in [2.05, 4.69) is 0 Å². The molecule has 78 valence electrons. The van der Waals surface area contributed by atoms with E-state index in [9.17, 15) is 10.2 Å². The van der Waals surface area contributed by atoms with Gasteiger partial charge in [0, 0.05) is 5.39 Å². The Bertz CT molecular complexity index is 495. The van der Waals surface area contributed by atoms with Gasteiger partial charge in [-0.15, -0.1) is 0 Å². The van der Waals surface area contributed by atoms with Gasteiger partial charge < -0.3 is 10.2 Å². The summed E-state index contributed by atoms with van der Waals surface area (Å²) in [5.41, 5.74) is -0.208. The van der Waals surface area contributed by atoms with E-state index >= 15 is 0 Å². The summed E-state index contributed by atoms with van der Waals surface area (Å²) in [6.45, 7) is 3.41. The summed E-state index contributed by atoms with van der Waals surface area (Å²) < 4.78 is 0. The summed E-state index contributed by atoms with van der Waals surface area (Å²) in [6.07, 6.45) is 0. The van der Waals surface area contributed by atoms with Crippen molar-refractivity contribution in [2.45, 2.75) is 19.4 Å². The number of hydrogen-bond donors (Lipinski definition) is 2. The Morgan fingerprint density at radius 3 is 2.40 bits per heavy atom. The summed E-state index contributed by atoms with van der Waals surface area (Å²) in [4.78, 5) is 0. The zero-order chi connectivity index (χ0) is 11.1. The van der Waals surface area contributed by atoms with Gasteiger partial charge in [-0.25, -0.2) is 0 Å². The topological polar surface area (TPSA) is 40.5 Å². The molecule has 2 heteroatoms. The van der Waals surface area contributed by atoms with Crippen LogP contribution < -0.4 is 0 Å². The van der Waals surface area contributed by atoms with E-state index in [0.29, 0.717) is 0 Å². The number of benzene rings is 2. The molecule has 2 nitrogen and oxygen atoms in total. The predicted octanol–water partition coefficient (Wildman–Crippen LogP) is 2.77. The van der Waals surface area contributed by atoms with Crippen molar-refractivity contribution in [3.05, 3.63) is 42.0 Å². The second kappa shape index (κ2) is 3.24. The van der Waals surface area contributed by atoms with Crippen molar-refractivity contribution >= 4 is 10.8 Å². The molecule has 2 N–H and O–H groups in total. The standard InChI is InChI=1S/C13H14O2/c1-13(2,15)10-7-9-5-3-4-6-11(9)12(14)8-10/h3-8,14-15H,1-2H3. The number of phenolic OH excluding ortho intramolecular Hbond substituents is 1. The van der Waals surface area contributed by atoms with Crippen molar-refractivity contribution in [2.75, 3.05) is 0 Å². The molecular formula is C13H14O2. The molecule has 2 aromatic carbocycles. The van der Waals surface area contributed by atoms with Crippen LogP contribution in [-0.2, 0) is 5.60 Å². The molecule has 0 fully saturated rings. The van der Waals surface area contributed by atoms with E-state index in [4.69, 9.17) is 0 Å². The fourth-order valence-electron chi connectivity index (χ4n) is 1.64. The molecule has 15 heavy (non-hydrogen) atoms. The molecular weight excluding hydrogens is 188 g/mol. The summed E-state index contributed by atoms with van der Waals surface area (Å²) in [5.74, 6) is 0.213. The van der Waals surface area contributed by atoms with Crippen LogP contribution in [0.2, 0.25) is 0 Å². The van der Waals surface area contributed by atoms with Crippen LogP contribution >= 0.6 is 0 Å². The molecule has 0 saturated heterocycles. The van der Waals surface area contributed by atoms with E-state index in [-0.39, 0.29) is 5.75 Å². The van der Waals surface area contributed by atoms with Crippen molar-refractivity contribution in [1.82, 2.24) is 0 Å². The Morgan fingerprint density at radius 1 is 1.07 bits per heavy atom. The van der Waals surface area contributed by atoms with Crippen LogP contribution in [0.1, 0.15) is 19.4 Å². The fraction of sp³-hybridized carbons (Fsp3) is 0.231. The smallest absolute Gasteiger partial charge is 0.123 e. The molecule has 0 radical (unpaired) electrons. The van der Waals surface area contributed by atoms with Crippen molar-refractivity contribution < 1.29 is 10.2 Å². The molecule has 0 aliphatic heterocycles. The van der Waals surface area contributed by atoms with Crippen molar-refractivity contribution in [3.63, 3.8) is 0 Å². The fourth-order valence-corrected chi connectivity index (χ4v) is 1.64. The Hall–Kier alpha value is -1.54. The van der Waals surface area contributed by atoms with E-state index in [1.165, 1.54) is 0 Å². The van der Waals surface area contributed by atoms with Gasteiger partial charge in [-0.2, -0.15) is 0 Å². The van der Waals surface area contributed by atoms with Crippen LogP contribution in [0.5, 0.6) is 5.75 Å². The van der Waals surface area contributed by atoms with Gasteiger partial charge in [-0.3, -0.25) is 0 Å². The monoisotopic (exact) mass is 202 g/mol. The predicted molar refractivity (Wildman–Crippen MR) is 60.9 cm³/mol. The second-order valence-corrected chi connectivity index (χ2v) is 4.28. The van der Waals surface area contributed by atoms with Gasteiger partial charge >= 0.3 is 0 Å². The Balaban J connectivity index is 2.73. The largest absolute Gasteiger partial charge is 0.507 e. The maximum absolute atomic E-state index is 9.86. The first-order valence-corrected chi connectivity index (χ1v) is 4.93. The average molecular weight is 202 g/mol. The number of aliphatic hydroxyl groups is 1. The quantitative estimate of drug-likeness (QED) is 0.746. The van der Waals surface area contributed by atoms with E-state index in [0.717, 1.165) is 16.3 Å². The minimum atomic E-state index is -0.929. The molecule has 0 unspecified atom stereocenters. The number of aromatic hydroxyl groups is 1. The average Bonchev–Trinajstić information content (AvgIpc) is 2.16. The van der Waals surface area contributed by atoms with Crippen molar-refractivity contribution in [3.8, 4) is 5.75 Å². The lowest BCUT2D eigenvalue weighted by Gasteiger charge is -2.18. The van der Waals surface area contributed by atoms with Crippen molar-refractivity contribution in [1.29, 1.82) is 0 Å². The minimum absolute atomic E-state index is 0.213. The third kappa shape index (κ3) is 1.81. The number of fused-ring (bicyclic) bond motifs is 1. The van der Waals surface area contributed by atoms with Crippen LogP contribution in [0.15, 0.2) is 36.4 Å². The van der Waals surface area contributed by atoms with Crippen LogP contribution in [0, 0.1) is 0 Å². The summed E-state index contributed by atoms with van der Waals surface area (Å²) in [5, 5.41) is 21.4. The summed E-state index contributed by atoms with van der Waals surface area (Å²) >= 11 is 0. The first-order valence-electron chi connectivity index (χ1n) is 4.93. The van der Waals surface area contributed by atoms with Gasteiger partial charge in [0.1, 0.15) is 5.75 Å². The molecule has 2 aromatic rings. The van der Waals surface area contributed by atoms with Crippen LogP contribution in [0.3, 0.4) is 0 Å². The van der Waals surface area contributed by atoms with E-state index in [1.54, 1.807) is 19.9 Å². The van der Waals surface area contributed by atoms with Gasteiger partial charge in [-0.1, -0.05) is 24.3 Å². The highest BCUT2D eigenvalue weighted by molar-refractivity contribution is 5.88. The maximum atomic E-state index is 9.86. The highest BCUT2D eigenvalue weighted by Gasteiger charge is 2.17. The van der Waals surface area contributed by atoms with Gasteiger partial charge in [0.25, 0.3) is 0 Å². The molecule has 0 bridgehead atoms. The van der Waals surface area contributed by atoms with Gasteiger partial charge in [-0.05, 0) is 36.9 Å². The molecule has 0 aromatic heterocycles. The number of hydrogen-bond acceptors (Lipinski definition) is 2. The third-order valence-electron chi connectivity index (χ3n) is 2.55. The van der Waals surface area contributed by atoms with Crippen LogP contribution in [-0.4, -0.2) is 10.2 Å². The SMILES string of the molecule is CC(C)(O)c1cc(O)c2ccccc2c1. The lowest BCUT2D eigenvalue weighted by molar-refractivity contribution is 0.0785. The van der Waals surface area contributed by atoms with Gasteiger partial charge in [0.15, 0.2) is 0 Å². The normalized spacial score (nSPS) is 11.9.